The summed E-state index contributed by atoms with van der Waals surface area (Å²) in [4.78, 5) is 26.6. The lowest BCUT2D eigenvalue weighted by molar-refractivity contribution is 0.0691. The second kappa shape index (κ2) is 9.11. The molecular formula is C22H25ClN2O3. The second-order valence-electron chi connectivity index (χ2n) is 7.27. The first-order valence-corrected chi connectivity index (χ1v) is 9.92. The maximum Gasteiger partial charge on any atom is 0.254 e. The lowest BCUT2D eigenvalue weighted by Gasteiger charge is -2.25. The third-order valence-electron chi connectivity index (χ3n) is 4.71. The van der Waals surface area contributed by atoms with Crippen LogP contribution in [0.3, 0.4) is 0 Å². The summed E-state index contributed by atoms with van der Waals surface area (Å²) in [6, 6.07) is 14.2. The van der Waals surface area contributed by atoms with Crippen molar-refractivity contribution in [1.82, 2.24) is 10.2 Å². The minimum Gasteiger partial charge on any atom is -0.491 e. The molecule has 1 aliphatic heterocycles. The number of rotatable bonds is 6. The van der Waals surface area contributed by atoms with Gasteiger partial charge in [0.2, 0.25) is 0 Å². The molecule has 1 N–H and O–H groups in total. The summed E-state index contributed by atoms with van der Waals surface area (Å²) < 4.78 is 5.89. The SMILES string of the molecule is CC(C)NC(=O)c1ccc(OC[C@H]2CCCN2C(=O)c2ccc(Cl)cc2)cc1. The van der Waals surface area contributed by atoms with E-state index in [0.717, 1.165) is 19.4 Å². The molecule has 2 amide bonds. The van der Waals surface area contributed by atoms with E-state index in [4.69, 9.17) is 16.3 Å². The number of hydrogen-bond donors (Lipinski definition) is 1. The number of nitrogens with zero attached hydrogens (tertiary/aromatic N) is 1. The Morgan fingerprint density at radius 3 is 2.39 bits per heavy atom. The van der Waals surface area contributed by atoms with Crippen LogP contribution >= 0.6 is 11.6 Å². The lowest BCUT2D eigenvalue weighted by atomic mass is 10.1. The summed E-state index contributed by atoms with van der Waals surface area (Å²) in [5, 5.41) is 3.47. The third kappa shape index (κ3) is 5.04. The average Bonchev–Trinajstić information content (AvgIpc) is 3.15. The molecule has 0 unspecified atom stereocenters. The van der Waals surface area contributed by atoms with Crippen molar-refractivity contribution in [3.8, 4) is 5.75 Å². The highest BCUT2D eigenvalue weighted by atomic mass is 35.5. The summed E-state index contributed by atoms with van der Waals surface area (Å²) >= 11 is 5.91. The van der Waals surface area contributed by atoms with Crippen molar-refractivity contribution >= 4 is 23.4 Å². The van der Waals surface area contributed by atoms with Gasteiger partial charge in [0.05, 0.1) is 6.04 Å². The number of benzene rings is 2. The zero-order chi connectivity index (χ0) is 20.1. The van der Waals surface area contributed by atoms with Gasteiger partial charge in [-0.2, -0.15) is 0 Å². The molecule has 1 atom stereocenters. The quantitative estimate of drug-likeness (QED) is 0.791. The molecule has 0 aliphatic carbocycles. The smallest absolute Gasteiger partial charge is 0.254 e. The predicted octanol–water partition coefficient (Wildman–Crippen LogP) is 4.16. The molecule has 6 heteroatoms. The van der Waals surface area contributed by atoms with Gasteiger partial charge in [0.1, 0.15) is 12.4 Å². The lowest BCUT2D eigenvalue weighted by Crippen LogP contribution is -2.39. The fourth-order valence-corrected chi connectivity index (χ4v) is 3.40. The van der Waals surface area contributed by atoms with E-state index in [1.165, 1.54) is 0 Å². The van der Waals surface area contributed by atoms with Crippen LogP contribution in [0.1, 0.15) is 47.4 Å². The van der Waals surface area contributed by atoms with E-state index >= 15 is 0 Å². The Balaban J connectivity index is 1.58. The summed E-state index contributed by atoms with van der Waals surface area (Å²) in [6.45, 7) is 5.00. The maximum atomic E-state index is 12.8. The monoisotopic (exact) mass is 400 g/mol. The molecule has 148 valence electrons. The first-order chi connectivity index (χ1) is 13.4. The molecule has 0 aromatic heterocycles. The van der Waals surface area contributed by atoms with Crippen molar-refractivity contribution in [3.63, 3.8) is 0 Å². The first-order valence-electron chi connectivity index (χ1n) is 9.54. The van der Waals surface area contributed by atoms with Gasteiger partial charge in [0.15, 0.2) is 0 Å². The van der Waals surface area contributed by atoms with Gasteiger partial charge in [-0.05, 0) is 75.2 Å². The van der Waals surface area contributed by atoms with Crippen LogP contribution in [-0.4, -0.2) is 41.9 Å². The van der Waals surface area contributed by atoms with E-state index in [9.17, 15) is 9.59 Å². The van der Waals surface area contributed by atoms with Gasteiger partial charge in [0, 0.05) is 28.7 Å². The van der Waals surface area contributed by atoms with Gasteiger partial charge >= 0.3 is 0 Å². The highest BCUT2D eigenvalue weighted by Gasteiger charge is 2.30. The Bertz CT molecular complexity index is 819. The summed E-state index contributed by atoms with van der Waals surface area (Å²) in [5.41, 5.74) is 1.23. The van der Waals surface area contributed by atoms with Crippen molar-refractivity contribution in [2.75, 3.05) is 13.2 Å². The van der Waals surface area contributed by atoms with Crippen molar-refractivity contribution in [1.29, 1.82) is 0 Å². The number of carbonyl (C=O) groups is 2. The van der Waals surface area contributed by atoms with E-state index in [2.05, 4.69) is 5.32 Å². The normalized spacial score (nSPS) is 16.3. The van der Waals surface area contributed by atoms with Gasteiger partial charge < -0.3 is 15.0 Å². The molecule has 0 bridgehead atoms. The van der Waals surface area contributed by atoms with Gasteiger partial charge in [-0.25, -0.2) is 0 Å². The number of hydrogen-bond acceptors (Lipinski definition) is 3. The summed E-state index contributed by atoms with van der Waals surface area (Å²) in [7, 11) is 0. The number of halogens is 1. The second-order valence-corrected chi connectivity index (χ2v) is 7.70. The molecule has 2 aromatic carbocycles. The van der Waals surface area contributed by atoms with Gasteiger partial charge in [0.25, 0.3) is 11.8 Å². The summed E-state index contributed by atoms with van der Waals surface area (Å²) in [6.07, 6.45) is 1.87. The molecule has 0 radical (unpaired) electrons. The fourth-order valence-electron chi connectivity index (χ4n) is 3.28. The minimum atomic E-state index is -0.0999. The largest absolute Gasteiger partial charge is 0.491 e. The molecule has 5 nitrogen and oxygen atoms in total. The number of carbonyl (C=O) groups excluding carboxylic acids is 2. The Kier molecular flexibility index (Phi) is 6.57. The van der Waals surface area contributed by atoms with Crippen LogP contribution in [0.25, 0.3) is 0 Å². The van der Waals surface area contributed by atoms with Gasteiger partial charge in [-0.3, -0.25) is 9.59 Å². The van der Waals surface area contributed by atoms with E-state index in [1.807, 2.05) is 18.7 Å². The highest BCUT2D eigenvalue weighted by Crippen LogP contribution is 2.22. The standard InChI is InChI=1S/C22H25ClN2O3/c1-15(2)24-21(26)16-7-11-20(12-8-16)28-14-19-4-3-13-25(19)22(27)17-5-9-18(23)10-6-17/h5-12,15,19H,3-4,13-14H2,1-2H3,(H,24,26)/t19-/m1/s1. The Labute approximate surface area is 170 Å². The van der Waals surface area contributed by atoms with Crippen LogP contribution in [0.4, 0.5) is 0 Å². The van der Waals surface area contributed by atoms with Crippen LogP contribution in [0, 0.1) is 0 Å². The van der Waals surface area contributed by atoms with Crippen molar-refractivity contribution in [2.45, 2.75) is 38.8 Å². The first kappa shape index (κ1) is 20.2. The van der Waals surface area contributed by atoms with Crippen LogP contribution in [-0.2, 0) is 0 Å². The van der Waals surface area contributed by atoms with Crippen LogP contribution < -0.4 is 10.1 Å². The molecule has 28 heavy (non-hydrogen) atoms. The van der Waals surface area contributed by atoms with Crippen LogP contribution in [0.5, 0.6) is 5.75 Å². The Hall–Kier alpha value is -2.53. The predicted molar refractivity (Wildman–Crippen MR) is 110 cm³/mol. The van der Waals surface area contributed by atoms with Gasteiger partial charge in [-0.1, -0.05) is 11.6 Å². The highest BCUT2D eigenvalue weighted by molar-refractivity contribution is 6.30. The Morgan fingerprint density at radius 1 is 1.11 bits per heavy atom. The Morgan fingerprint density at radius 2 is 1.75 bits per heavy atom. The van der Waals surface area contributed by atoms with Crippen LogP contribution in [0.15, 0.2) is 48.5 Å². The van der Waals surface area contributed by atoms with Crippen LogP contribution in [0.2, 0.25) is 5.02 Å². The van der Waals surface area contributed by atoms with Gasteiger partial charge in [-0.15, -0.1) is 0 Å². The molecule has 1 saturated heterocycles. The molecular weight excluding hydrogens is 376 g/mol. The number of ether oxygens (including phenoxy) is 1. The molecule has 0 spiro atoms. The molecule has 3 rings (SSSR count). The number of amides is 2. The molecule has 0 saturated carbocycles. The topological polar surface area (TPSA) is 58.6 Å². The van der Waals surface area contributed by atoms with E-state index in [0.29, 0.717) is 28.5 Å². The molecule has 1 fully saturated rings. The zero-order valence-electron chi connectivity index (χ0n) is 16.2. The third-order valence-corrected chi connectivity index (χ3v) is 4.96. The average molecular weight is 401 g/mol. The fraction of sp³-hybridized carbons (Fsp3) is 0.364. The number of nitrogens with one attached hydrogen (secondary N) is 1. The molecule has 1 heterocycles. The molecule has 1 aliphatic rings. The van der Waals surface area contributed by atoms with Crippen molar-refractivity contribution < 1.29 is 14.3 Å². The van der Waals surface area contributed by atoms with E-state index in [-0.39, 0.29) is 23.9 Å². The minimum absolute atomic E-state index is 0.00321. The summed E-state index contributed by atoms with van der Waals surface area (Å²) in [5.74, 6) is 0.590. The van der Waals surface area contributed by atoms with E-state index in [1.54, 1.807) is 48.5 Å². The van der Waals surface area contributed by atoms with E-state index < -0.39 is 0 Å². The maximum absolute atomic E-state index is 12.8. The van der Waals surface area contributed by atoms with Crippen molar-refractivity contribution in [2.24, 2.45) is 0 Å². The molecule has 2 aromatic rings. The van der Waals surface area contributed by atoms with Crippen molar-refractivity contribution in [3.05, 3.63) is 64.7 Å². The number of likely N-dealkylation sites (tertiary alicyclic amines) is 1. The zero-order valence-corrected chi connectivity index (χ0v) is 16.9.